The molecule has 0 spiro atoms. The molecule has 242 valence electrons. The molecule has 14 nitrogen and oxygen atoms in total. The molecule has 1 aromatic carbocycles. The van der Waals surface area contributed by atoms with Crippen molar-refractivity contribution in [1.29, 1.82) is 0 Å². The average Bonchev–Trinajstić information content (AvgIpc) is 3.03. The fourth-order valence-corrected chi connectivity index (χ4v) is 4.92. The summed E-state index contributed by atoms with van der Waals surface area (Å²) in [5.74, 6) is -2.85. The van der Waals surface area contributed by atoms with E-state index in [2.05, 4.69) is 16.1 Å². The summed E-state index contributed by atoms with van der Waals surface area (Å²) < 4.78 is 9.60. The highest BCUT2D eigenvalue weighted by Crippen LogP contribution is 2.27. The van der Waals surface area contributed by atoms with Crippen LogP contribution in [0.2, 0.25) is 0 Å². The first-order valence-corrected chi connectivity index (χ1v) is 14.8. The third-order valence-corrected chi connectivity index (χ3v) is 7.85. The van der Waals surface area contributed by atoms with E-state index < -0.39 is 53.6 Å². The lowest BCUT2D eigenvalue weighted by molar-refractivity contribution is -0.155. The minimum absolute atomic E-state index is 0.302. The van der Waals surface area contributed by atoms with Crippen LogP contribution in [0.5, 0.6) is 0 Å². The SMILES string of the molecule is CC(NC(=O)C(O)C(C)C)C(=O)N1CCCC(C(=O)N[C@H](C)c2ccc3ccc(/C=C/C4(C(=O)O)COC(=O)OC4)cc3n2)N1. The van der Waals surface area contributed by atoms with Gasteiger partial charge < -0.3 is 30.3 Å². The number of hydrogen-bond acceptors (Lipinski definition) is 10. The van der Waals surface area contributed by atoms with Crippen LogP contribution < -0.4 is 16.1 Å². The van der Waals surface area contributed by atoms with Crippen molar-refractivity contribution in [3.8, 4) is 0 Å². The van der Waals surface area contributed by atoms with E-state index in [1.807, 2.05) is 12.1 Å². The number of rotatable bonds is 10. The molecule has 2 aliphatic heterocycles. The van der Waals surface area contributed by atoms with Crippen molar-refractivity contribution < 1.29 is 43.7 Å². The number of aliphatic hydroxyl groups is 1. The summed E-state index contributed by atoms with van der Waals surface area (Å²) in [6.45, 7) is 6.39. The lowest BCUT2D eigenvalue weighted by Crippen LogP contribution is -2.61. The maximum absolute atomic E-state index is 13.2. The predicted octanol–water partition coefficient (Wildman–Crippen LogP) is 1.68. The van der Waals surface area contributed by atoms with Gasteiger partial charge in [0.05, 0.1) is 17.3 Å². The summed E-state index contributed by atoms with van der Waals surface area (Å²) in [5.41, 5.74) is 3.34. The zero-order valence-corrected chi connectivity index (χ0v) is 25.6. The normalized spacial score (nSPS) is 20.2. The molecule has 2 fully saturated rings. The number of nitrogens with zero attached hydrogens (tertiary/aromatic N) is 2. The number of fused-ring (bicyclic) bond motifs is 1. The van der Waals surface area contributed by atoms with E-state index in [1.54, 1.807) is 45.0 Å². The number of aromatic nitrogens is 1. The molecule has 3 unspecified atom stereocenters. The number of pyridine rings is 1. The third kappa shape index (κ3) is 7.94. The summed E-state index contributed by atoms with van der Waals surface area (Å²) in [7, 11) is 0. The molecule has 3 heterocycles. The molecule has 14 heteroatoms. The highest BCUT2D eigenvalue weighted by atomic mass is 16.7. The highest BCUT2D eigenvalue weighted by Gasteiger charge is 2.43. The Morgan fingerprint density at radius 2 is 1.78 bits per heavy atom. The number of aliphatic hydroxyl groups excluding tert-OH is 1. The van der Waals surface area contributed by atoms with Gasteiger partial charge in [-0.25, -0.2) is 10.2 Å². The first kappa shape index (κ1) is 33.3. The quantitative estimate of drug-likeness (QED) is 0.241. The second-order valence-corrected chi connectivity index (χ2v) is 11.8. The van der Waals surface area contributed by atoms with Crippen molar-refractivity contribution in [3.05, 3.63) is 47.7 Å². The molecule has 45 heavy (non-hydrogen) atoms. The van der Waals surface area contributed by atoms with Crippen molar-refractivity contribution in [2.24, 2.45) is 11.3 Å². The van der Waals surface area contributed by atoms with Gasteiger partial charge in [0.25, 0.3) is 5.91 Å². The first-order chi connectivity index (χ1) is 21.3. The Balaban J connectivity index is 1.39. The lowest BCUT2D eigenvalue weighted by atomic mass is 9.88. The van der Waals surface area contributed by atoms with Gasteiger partial charge in [0.1, 0.15) is 31.4 Å². The van der Waals surface area contributed by atoms with Gasteiger partial charge in [0.2, 0.25) is 11.8 Å². The largest absolute Gasteiger partial charge is 0.508 e. The molecule has 2 aromatic rings. The van der Waals surface area contributed by atoms with Crippen LogP contribution in [-0.4, -0.2) is 88.0 Å². The number of carbonyl (C=O) groups excluding carboxylic acids is 4. The molecule has 1 aromatic heterocycles. The van der Waals surface area contributed by atoms with Gasteiger partial charge in [-0.3, -0.25) is 29.2 Å². The number of amides is 3. The second-order valence-electron chi connectivity index (χ2n) is 11.8. The standard InChI is InChI=1S/C31H39N5O9/c1-17(2)25(37)27(39)33-19(4)28(40)36-13-5-6-23(35-36)26(38)32-18(3)22-10-9-21-8-7-20(14-24(21)34-22)11-12-31(29(41)42)15-44-30(43)45-16-31/h7-12,14,17-19,23,25,35,37H,5-6,13,15-16H2,1-4H3,(H,32,38)(H,33,39)(H,41,42)/b12-11+/t18-,19?,23?,25?/m1/s1. The van der Waals surface area contributed by atoms with Crippen LogP contribution in [0.4, 0.5) is 4.79 Å². The minimum Gasteiger partial charge on any atom is -0.480 e. The molecule has 2 aliphatic rings. The summed E-state index contributed by atoms with van der Waals surface area (Å²) in [6.07, 6.45) is 1.97. The smallest absolute Gasteiger partial charge is 0.480 e. The number of carboxylic acids is 1. The van der Waals surface area contributed by atoms with Crippen LogP contribution in [0, 0.1) is 11.3 Å². The van der Waals surface area contributed by atoms with E-state index in [4.69, 9.17) is 14.5 Å². The molecule has 2 saturated heterocycles. The number of cyclic esters (lactones) is 2. The molecule has 0 saturated carbocycles. The molecule has 3 amide bonds. The molecular formula is C31H39N5O9. The van der Waals surface area contributed by atoms with Gasteiger partial charge in [-0.05, 0) is 50.3 Å². The second kappa shape index (κ2) is 14.0. The number of hydrogen-bond donors (Lipinski definition) is 5. The van der Waals surface area contributed by atoms with Gasteiger partial charge in [0.15, 0.2) is 5.41 Å². The van der Waals surface area contributed by atoms with Crippen LogP contribution >= 0.6 is 0 Å². The van der Waals surface area contributed by atoms with Crippen LogP contribution in [0.25, 0.3) is 17.0 Å². The number of nitrogens with one attached hydrogen (secondary N) is 3. The van der Waals surface area contributed by atoms with Crippen molar-refractivity contribution in [1.82, 2.24) is 26.1 Å². The molecule has 0 bridgehead atoms. The third-order valence-electron chi connectivity index (χ3n) is 7.85. The van der Waals surface area contributed by atoms with E-state index >= 15 is 0 Å². The lowest BCUT2D eigenvalue weighted by Gasteiger charge is -2.35. The predicted molar refractivity (Wildman–Crippen MR) is 161 cm³/mol. The highest BCUT2D eigenvalue weighted by molar-refractivity contribution is 5.90. The zero-order valence-electron chi connectivity index (χ0n) is 25.6. The molecule has 4 atom stereocenters. The average molecular weight is 626 g/mol. The van der Waals surface area contributed by atoms with Gasteiger partial charge >= 0.3 is 12.1 Å². The number of carbonyl (C=O) groups is 5. The van der Waals surface area contributed by atoms with Crippen molar-refractivity contribution in [2.75, 3.05) is 19.8 Å². The molecule has 4 rings (SSSR count). The molecule has 0 radical (unpaired) electrons. The monoisotopic (exact) mass is 625 g/mol. The fraction of sp³-hybridized carbons (Fsp3) is 0.484. The van der Waals surface area contributed by atoms with Gasteiger partial charge in [-0.15, -0.1) is 0 Å². The molecule has 0 aliphatic carbocycles. The minimum atomic E-state index is -1.51. The number of hydrazine groups is 1. The van der Waals surface area contributed by atoms with Gasteiger partial charge in [-0.1, -0.05) is 44.2 Å². The number of benzene rings is 1. The summed E-state index contributed by atoms with van der Waals surface area (Å²) in [5, 5.41) is 27.3. The van der Waals surface area contributed by atoms with E-state index in [0.717, 1.165) is 5.39 Å². The van der Waals surface area contributed by atoms with E-state index in [0.29, 0.717) is 36.2 Å². The fourth-order valence-electron chi connectivity index (χ4n) is 4.92. The van der Waals surface area contributed by atoms with Crippen LogP contribution in [-0.2, 0) is 28.7 Å². The Hall–Kier alpha value is -4.56. The van der Waals surface area contributed by atoms with E-state index in [1.165, 1.54) is 18.0 Å². The number of carboxylic acid groups (broad SMARTS) is 1. The maximum Gasteiger partial charge on any atom is 0.508 e. The maximum atomic E-state index is 13.2. The van der Waals surface area contributed by atoms with Crippen LogP contribution in [0.1, 0.15) is 57.8 Å². The van der Waals surface area contributed by atoms with Crippen molar-refractivity contribution in [2.45, 2.75) is 64.8 Å². The first-order valence-electron chi connectivity index (χ1n) is 14.8. The Labute approximate surface area is 260 Å². The van der Waals surface area contributed by atoms with Gasteiger partial charge in [-0.2, -0.15) is 0 Å². The number of aliphatic carboxylic acids is 1. The summed E-state index contributed by atoms with van der Waals surface area (Å²) >= 11 is 0. The Morgan fingerprint density at radius 1 is 1.09 bits per heavy atom. The summed E-state index contributed by atoms with van der Waals surface area (Å²) in [6, 6.07) is 7.03. The van der Waals surface area contributed by atoms with Crippen molar-refractivity contribution >= 4 is 46.8 Å². The molecule has 5 N–H and O–H groups in total. The van der Waals surface area contributed by atoms with E-state index in [9.17, 15) is 34.2 Å². The Kier molecular flexibility index (Phi) is 10.4. The zero-order chi connectivity index (χ0) is 32.9. The topological polar surface area (TPSA) is 196 Å². The summed E-state index contributed by atoms with van der Waals surface area (Å²) in [4.78, 5) is 66.2. The van der Waals surface area contributed by atoms with Crippen LogP contribution in [0.3, 0.4) is 0 Å². The van der Waals surface area contributed by atoms with Crippen molar-refractivity contribution in [3.63, 3.8) is 0 Å². The Bertz CT molecular complexity index is 1480. The Morgan fingerprint density at radius 3 is 2.44 bits per heavy atom. The molecular weight excluding hydrogens is 586 g/mol. The van der Waals surface area contributed by atoms with Gasteiger partial charge in [0, 0.05) is 11.9 Å². The van der Waals surface area contributed by atoms with E-state index in [-0.39, 0.29) is 25.0 Å². The number of ether oxygens (including phenoxy) is 2. The van der Waals surface area contributed by atoms with Crippen LogP contribution in [0.15, 0.2) is 36.4 Å².